The van der Waals surface area contributed by atoms with Crippen molar-refractivity contribution in [3.05, 3.63) is 0 Å². The number of carbonyl (C=O) groups excluding carboxylic acids is 4. The number of aliphatic hydroxyl groups excluding tert-OH is 1. The molecule has 102 heavy (non-hydrogen) atoms. The van der Waals surface area contributed by atoms with Crippen LogP contribution in [0.4, 0.5) is 0 Å². The Labute approximate surface area is 626 Å². The number of unbranched alkanes of at least 4 members (excludes halogenated alkanes) is 52. The summed E-state index contributed by atoms with van der Waals surface area (Å²) in [4.78, 5) is 73.0. The highest BCUT2D eigenvalue weighted by atomic mass is 31.2. The molecule has 17 nitrogen and oxygen atoms in total. The first kappa shape index (κ1) is 100. The van der Waals surface area contributed by atoms with Gasteiger partial charge in [0, 0.05) is 25.7 Å². The van der Waals surface area contributed by atoms with Crippen LogP contribution in [0, 0.1) is 11.8 Å². The Kier molecular flexibility index (Phi) is 73.1. The first-order valence-corrected chi connectivity index (χ1v) is 46.0. The van der Waals surface area contributed by atoms with Crippen molar-refractivity contribution in [1.29, 1.82) is 0 Å². The summed E-state index contributed by atoms with van der Waals surface area (Å²) in [6.45, 7) is 9.54. The van der Waals surface area contributed by atoms with Crippen LogP contribution < -0.4 is 0 Å². The standard InChI is InChI=1S/C83H162O17P2/c1-7-9-11-13-15-17-19-21-23-25-27-28-29-31-33-35-37-39-41-48-55-61-67-82(87)99-78(71-93-80(85)65-59-53-47-40-38-36-34-32-30-26-24-22-20-18-16-14-12-10-8-2)73-97-101(89,90)95-69-77(84)70-96-102(91,92)98-74-79(72-94-81(86)66-60-54-50-44-46-52-58-64-76(5)6)100-83(88)68-62-56-49-43-42-45-51-57-63-75(3)4/h75-79,84H,7-74H2,1-6H3,(H,89,90)(H,91,92)/t77-,78-,79-/m1/s1. The molecule has 0 aliphatic rings. The zero-order valence-corrected chi connectivity index (χ0v) is 68.7. The molecular formula is C83H162O17P2. The number of aliphatic hydroxyl groups is 1. The molecule has 3 N–H and O–H groups in total. The Morgan fingerprint density at radius 3 is 0.667 bits per heavy atom. The summed E-state index contributed by atoms with van der Waals surface area (Å²) < 4.78 is 68.7. The van der Waals surface area contributed by atoms with Crippen molar-refractivity contribution >= 4 is 39.5 Å². The van der Waals surface area contributed by atoms with Crippen molar-refractivity contribution < 1.29 is 80.2 Å². The Hall–Kier alpha value is -1.94. The number of rotatable bonds is 82. The quantitative estimate of drug-likeness (QED) is 0.0222. The Bertz CT molecular complexity index is 1960. The lowest BCUT2D eigenvalue weighted by molar-refractivity contribution is -0.161. The molecule has 0 fully saturated rings. The molecule has 5 atom stereocenters. The predicted molar refractivity (Wildman–Crippen MR) is 418 cm³/mol. The minimum atomic E-state index is -4.96. The van der Waals surface area contributed by atoms with Gasteiger partial charge in [-0.1, -0.05) is 388 Å². The molecule has 19 heteroatoms. The molecule has 0 spiro atoms. The highest BCUT2D eigenvalue weighted by molar-refractivity contribution is 7.47. The SMILES string of the molecule is CCCCCCCCCCCCCCCCCCCCCCCCC(=O)O[C@H](COC(=O)CCCCCCCCCCCCCCCCCCCCC)COP(=O)(O)OC[C@@H](O)COP(=O)(O)OC[C@@H](COC(=O)CCCCCCCCCC(C)C)OC(=O)CCCCCCCCCCC(C)C. The van der Waals surface area contributed by atoms with E-state index in [0.717, 1.165) is 102 Å². The second kappa shape index (κ2) is 74.5. The van der Waals surface area contributed by atoms with Crippen LogP contribution in [0.2, 0.25) is 0 Å². The van der Waals surface area contributed by atoms with Crippen LogP contribution in [0.15, 0.2) is 0 Å². The maximum Gasteiger partial charge on any atom is 0.472 e. The van der Waals surface area contributed by atoms with Crippen LogP contribution in [-0.4, -0.2) is 96.7 Å². The number of hydrogen-bond acceptors (Lipinski definition) is 15. The normalized spacial score (nSPS) is 13.9. The molecule has 0 aliphatic heterocycles. The van der Waals surface area contributed by atoms with Crippen molar-refractivity contribution in [3.8, 4) is 0 Å². The van der Waals surface area contributed by atoms with E-state index in [-0.39, 0.29) is 25.7 Å². The number of esters is 4. The molecule has 0 rings (SSSR count). The van der Waals surface area contributed by atoms with E-state index in [1.165, 1.54) is 250 Å². The van der Waals surface area contributed by atoms with Crippen molar-refractivity contribution in [2.45, 2.75) is 458 Å². The maximum atomic E-state index is 13.1. The van der Waals surface area contributed by atoms with Gasteiger partial charge in [-0.15, -0.1) is 0 Å². The van der Waals surface area contributed by atoms with Crippen molar-refractivity contribution in [2.75, 3.05) is 39.6 Å². The van der Waals surface area contributed by atoms with Gasteiger partial charge in [0.25, 0.3) is 0 Å². The maximum absolute atomic E-state index is 13.1. The summed E-state index contributed by atoms with van der Waals surface area (Å²) in [5, 5.41) is 10.6. The van der Waals surface area contributed by atoms with Gasteiger partial charge >= 0.3 is 39.5 Å². The molecule has 0 bridgehead atoms. The molecule has 0 saturated heterocycles. The number of ether oxygens (including phenoxy) is 4. The van der Waals surface area contributed by atoms with E-state index in [2.05, 4.69) is 41.5 Å². The summed E-state index contributed by atoms with van der Waals surface area (Å²) in [7, 11) is -9.92. The molecule has 0 aromatic rings. The van der Waals surface area contributed by atoms with E-state index >= 15 is 0 Å². The van der Waals surface area contributed by atoms with Crippen LogP contribution >= 0.6 is 15.6 Å². The second-order valence-electron chi connectivity index (χ2n) is 30.8. The van der Waals surface area contributed by atoms with Crippen LogP contribution in [0.5, 0.6) is 0 Å². The highest BCUT2D eigenvalue weighted by Crippen LogP contribution is 2.45. The Morgan fingerprint density at radius 1 is 0.265 bits per heavy atom. The minimum absolute atomic E-state index is 0.104. The second-order valence-corrected chi connectivity index (χ2v) is 33.7. The fraction of sp³-hybridized carbons (Fsp3) is 0.952. The summed E-state index contributed by atoms with van der Waals surface area (Å²) in [5.74, 6) is -0.689. The lowest BCUT2D eigenvalue weighted by atomic mass is 10.0. The third kappa shape index (κ3) is 76.3. The van der Waals surface area contributed by atoms with Crippen molar-refractivity contribution in [1.82, 2.24) is 0 Å². The van der Waals surface area contributed by atoms with Crippen molar-refractivity contribution in [2.24, 2.45) is 11.8 Å². The first-order valence-electron chi connectivity index (χ1n) is 43.0. The minimum Gasteiger partial charge on any atom is -0.462 e. The summed E-state index contributed by atoms with van der Waals surface area (Å²) in [6, 6.07) is 0. The fourth-order valence-corrected chi connectivity index (χ4v) is 14.5. The number of phosphoric ester groups is 2. The molecule has 0 saturated carbocycles. The molecule has 2 unspecified atom stereocenters. The van der Waals surface area contributed by atoms with E-state index in [4.69, 9.17) is 37.0 Å². The molecule has 606 valence electrons. The van der Waals surface area contributed by atoms with Crippen LogP contribution in [-0.2, 0) is 65.4 Å². The topological polar surface area (TPSA) is 237 Å². The monoisotopic (exact) mass is 1490 g/mol. The summed E-state index contributed by atoms with van der Waals surface area (Å²) in [5.41, 5.74) is 0. The third-order valence-corrected chi connectivity index (χ3v) is 21.4. The molecule has 0 radical (unpaired) electrons. The lowest BCUT2D eigenvalue weighted by Gasteiger charge is -2.21. The molecule has 0 aromatic heterocycles. The van der Waals surface area contributed by atoms with E-state index < -0.39 is 97.5 Å². The van der Waals surface area contributed by atoms with Gasteiger partial charge in [0.15, 0.2) is 12.2 Å². The third-order valence-electron chi connectivity index (χ3n) is 19.5. The van der Waals surface area contributed by atoms with Crippen LogP contribution in [0.3, 0.4) is 0 Å². The summed E-state index contributed by atoms with van der Waals surface area (Å²) in [6.07, 6.45) is 65.7. The largest absolute Gasteiger partial charge is 0.472 e. The van der Waals surface area contributed by atoms with Gasteiger partial charge in [0.05, 0.1) is 26.4 Å². The molecule has 0 aromatic carbocycles. The van der Waals surface area contributed by atoms with Gasteiger partial charge in [-0.3, -0.25) is 37.3 Å². The zero-order valence-electron chi connectivity index (χ0n) is 66.9. The number of hydrogen-bond donors (Lipinski definition) is 3. The highest BCUT2D eigenvalue weighted by Gasteiger charge is 2.30. The average molecular weight is 1490 g/mol. The molecule has 0 heterocycles. The van der Waals surface area contributed by atoms with Gasteiger partial charge in [0.1, 0.15) is 19.3 Å². The van der Waals surface area contributed by atoms with E-state index in [1.807, 2.05) is 0 Å². The first-order chi connectivity index (χ1) is 49.4. The van der Waals surface area contributed by atoms with E-state index in [9.17, 15) is 43.2 Å². The lowest BCUT2D eigenvalue weighted by Crippen LogP contribution is -2.30. The fourth-order valence-electron chi connectivity index (χ4n) is 12.9. The predicted octanol–water partition coefficient (Wildman–Crippen LogP) is 25.1. The summed E-state index contributed by atoms with van der Waals surface area (Å²) >= 11 is 0. The van der Waals surface area contributed by atoms with Gasteiger partial charge in [0.2, 0.25) is 0 Å². The molecule has 0 aliphatic carbocycles. The Balaban J connectivity index is 5.19. The van der Waals surface area contributed by atoms with E-state index in [0.29, 0.717) is 31.6 Å². The van der Waals surface area contributed by atoms with Gasteiger partial charge in [-0.05, 0) is 37.5 Å². The average Bonchev–Trinajstić information content (AvgIpc) is 0.939. The molecule has 0 amide bonds. The smallest absolute Gasteiger partial charge is 0.462 e. The number of phosphoric acid groups is 2. The van der Waals surface area contributed by atoms with E-state index in [1.54, 1.807) is 0 Å². The van der Waals surface area contributed by atoms with Crippen LogP contribution in [0.25, 0.3) is 0 Å². The Morgan fingerprint density at radius 2 is 0.451 bits per heavy atom. The zero-order chi connectivity index (χ0) is 74.9. The van der Waals surface area contributed by atoms with Gasteiger partial charge in [-0.25, -0.2) is 9.13 Å². The molecular weight excluding hydrogens is 1330 g/mol. The van der Waals surface area contributed by atoms with Gasteiger partial charge in [-0.2, -0.15) is 0 Å². The van der Waals surface area contributed by atoms with Crippen molar-refractivity contribution in [3.63, 3.8) is 0 Å². The van der Waals surface area contributed by atoms with Crippen LogP contribution in [0.1, 0.15) is 440 Å². The number of carbonyl (C=O) groups is 4. The van der Waals surface area contributed by atoms with Gasteiger partial charge < -0.3 is 33.8 Å².